The zero-order valence-corrected chi connectivity index (χ0v) is 12.0. The van der Waals surface area contributed by atoms with Crippen LogP contribution in [-0.2, 0) is 0 Å². The van der Waals surface area contributed by atoms with Gasteiger partial charge in [-0.2, -0.15) is 0 Å². The number of benzene rings is 1. The van der Waals surface area contributed by atoms with Gasteiger partial charge in [-0.25, -0.2) is 0 Å². The van der Waals surface area contributed by atoms with E-state index in [-0.39, 0.29) is 0 Å². The third-order valence-electron chi connectivity index (χ3n) is 2.69. The highest BCUT2D eigenvalue weighted by Gasteiger charge is 2.23. The van der Waals surface area contributed by atoms with Crippen molar-refractivity contribution in [3.63, 3.8) is 0 Å². The average Bonchev–Trinajstić information content (AvgIpc) is 2.26. The van der Waals surface area contributed by atoms with E-state index in [4.69, 9.17) is 11.6 Å². The maximum Gasteiger partial charge on any atom is 0.161 e. The Labute approximate surface area is 112 Å². The van der Waals surface area contributed by atoms with Crippen molar-refractivity contribution >= 4 is 34.2 Å². The van der Waals surface area contributed by atoms with Crippen LogP contribution in [0.5, 0.6) is 0 Å². The van der Waals surface area contributed by atoms with Gasteiger partial charge in [-0.3, -0.25) is 4.99 Å². The molecule has 0 unspecified atom stereocenters. The van der Waals surface area contributed by atoms with Crippen LogP contribution < -0.4 is 5.32 Å². The third kappa shape index (κ3) is 3.39. The maximum atomic E-state index is 5.99. The van der Waals surface area contributed by atoms with E-state index in [2.05, 4.69) is 31.1 Å². The highest BCUT2D eigenvalue weighted by atomic mass is 35.5. The molecule has 0 aromatic heterocycles. The summed E-state index contributed by atoms with van der Waals surface area (Å²) in [5, 5.41) is 5.10. The number of aliphatic imine (C=N–C) groups is 1. The van der Waals surface area contributed by atoms with Crippen molar-refractivity contribution in [1.82, 2.24) is 0 Å². The average molecular weight is 269 g/mol. The molecular weight excluding hydrogens is 252 g/mol. The molecule has 2 nitrogen and oxygen atoms in total. The minimum atomic E-state index is 0.305. The van der Waals surface area contributed by atoms with E-state index in [1.807, 2.05) is 18.2 Å². The number of rotatable bonds is 1. The van der Waals surface area contributed by atoms with Crippen LogP contribution in [0, 0.1) is 12.3 Å². The third-order valence-corrected chi connectivity index (χ3v) is 4.36. The van der Waals surface area contributed by atoms with Crippen LogP contribution in [0.1, 0.15) is 19.4 Å². The summed E-state index contributed by atoms with van der Waals surface area (Å²) >= 11 is 7.77. The number of hydrogen-bond acceptors (Lipinski definition) is 3. The van der Waals surface area contributed by atoms with Crippen molar-refractivity contribution in [3.8, 4) is 0 Å². The number of anilines is 1. The molecule has 1 N–H and O–H groups in total. The van der Waals surface area contributed by atoms with Gasteiger partial charge in [0.05, 0.1) is 0 Å². The van der Waals surface area contributed by atoms with Crippen molar-refractivity contribution in [2.75, 3.05) is 17.6 Å². The van der Waals surface area contributed by atoms with E-state index >= 15 is 0 Å². The lowest BCUT2D eigenvalue weighted by Gasteiger charge is -2.27. The zero-order chi connectivity index (χ0) is 12.5. The van der Waals surface area contributed by atoms with Crippen molar-refractivity contribution < 1.29 is 0 Å². The molecule has 0 radical (unpaired) electrons. The minimum absolute atomic E-state index is 0.305. The Kier molecular flexibility index (Phi) is 3.69. The van der Waals surface area contributed by atoms with Crippen LogP contribution in [0.15, 0.2) is 23.2 Å². The number of amidine groups is 1. The second-order valence-electron chi connectivity index (χ2n) is 5.16. The summed E-state index contributed by atoms with van der Waals surface area (Å²) in [5.74, 6) is 1.10. The summed E-state index contributed by atoms with van der Waals surface area (Å²) in [6.07, 6.45) is 0. The normalized spacial score (nSPS) is 18.7. The van der Waals surface area contributed by atoms with Crippen LogP contribution in [0.4, 0.5) is 5.69 Å². The fourth-order valence-corrected chi connectivity index (χ4v) is 2.69. The molecule has 2 rings (SSSR count). The van der Waals surface area contributed by atoms with Gasteiger partial charge < -0.3 is 5.32 Å². The van der Waals surface area contributed by atoms with E-state index in [1.54, 1.807) is 11.8 Å². The molecule has 0 saturated carbocycles. The second-order valence-corrected chi connectivity index (χ2v) is 6.56. The summed E-state index contributed by atoms with van der Waals surface area (Å²) in [6, 6.07) is 5.86. The first-order chi connectivity index (χ1) is 7.96. The van der Waals surface area contributed by atoms with Crippen LogP contribution >= 0.6 is 23.4 Å². The van der Waals surface area contributed by atoms with Gasteiger partial charge in [0.15, 0.2) is 5.17 Å². The molecule has 1 aliphatic rings. The lowest BCUT2D eigenvalue weighted by Crippen LogP contribution is -2.27. The van der Waals surface area contributed by atoms with E-state index in [0.717, 1.165) is 28.2 Å². The van der Waals surface area contributed by atoms with Crippen molar-refractivity contribution in [1.29, 1.82) is 0 Å². The van der Waals surface area contributed by atoms with Gasteiger partial charge in [-0.15, -0.1) is 0 Å². The SMILES string of the molecule is Cc1ccc(Cl)cc1NC1=NCC(C)(C)CS1. The fourth-order valence-electron chi connectivity index (χ4n) is 1.56. The van der Waals surface area contributed by atoms with Crippen molar-refractivity contribution in [2.24, 2.45) is 10.4 Å². The molecule has 0 fully saturated rings. The number of halogens is 1. The first-order valence-corrected chi connectivity index (χ1v) is 7.03. The van der Waals surface area contributed by atoms with E-state index in [0.29, 0.717) is 5.41 Å². The largest absolute Gasteiger partial charge is 0.335 e. The Morgan fingerprint density at radius 2 is 2.18 bits per heavy atom. The van der Waals surface area contributed by atoms with Crippen LogP contribution in [-0.4, -0.2) is 17.5 Å². The first kappa shape index (κ1) is 12.8. The summed E-state index contributed by atoms with van der Waals surface area (Å²) in [7, 11) is 0. The topological polar surface area (TPSA) is 24.4 Å². The molecule has 0 aliphatic carbocycles. The van der Waals surface area contributed by atoms with Gasteiger partial charge in [-0.05, 0) is 30.0 Å². The number of aryl methyl sites for hydroxylation is 1. The monoisotopic (exact) mass is 268 g/mol. The molecule has 0 atom stereocenters. The molecule has 0 saturated heterocycles. The van der Waals surface area contributed by atoms with Gasteiger partial charge in [0, 0.05) is 23.0 Å². The summed E-state index contributed by atoms with van der Waals surface area (Å²) in [5.41, 5.74) is 2.53. The van der Waals surface area contributed by atoms with Crippen molar-refractivity contribution in [2.45, 2.75) is 20.8 Å². The first-order valence-electron chi connectivity index (χ1n) is 5.67. The van der Waals surface area contributed by atoms with Gasteiger partial charge in [0.2, 0.25) is 0 Å². The molecule has 0 spiro atoms. The Morgan fingerprint density at radius 3 is 2.82 bits per heavy atom. The fraction of sp³-hybridized carbons (Fsp3) is 0.462. The molecule has 92 valence electrons. The molecule has 1 aliphatic heterocycles. The molecule has 1 aromatic carbocycles. The molecule has 17 heavy (non-hydrogen) atoms. The lowest BCUT2D eigenvalue weighted by molar-refractivity contribution is 0.438. The van der Waals surface area contributed by atoms with Gasteiger partial charge >= 0.3 is 0 Å². The zero-order valence-electron chi connectivity index (χ0n) is 10.4. The molecule has 4 heteroatoms. The van der Waals surface area contributed by atoms with Gasteiger partial charge in [0.1, 0.15) is 0 Å². The number of nitrogens with one attached hydrogen (secondary N) is 1. The molecule has 0 amide bonds. The molecular formula is C13H17ClN2S. The molecule has 1 heterocycles. The summed E-state index contributed by atoms with van der Waals surface area (Å²) < 4.78 is 0. The Morgan fingerprint density at radius 1 is 1.41 bits per heavy atom. The maximum absolute atomic E-state index is 5.99. The molecule has 0 bridgehead atoms. The van der Waals surface area contributed by atoms with Crippen LogP contribution in [0.3, 0.4) is 0 Å². The summed E-state index contributed by atoms with van der Waals surface area (Å²) in [6.45, 7) is 7.43. The Hall–Kier alpha value is -0.670. The predicted molar refractivity (Wildman–Crippen MR) is 78.4 cm³/mol. The van der Waals surface area contributed by atoms with Crippen LogP contribution in [0.2, 0.25) is 5.02 Å². The van der Waals surface area contributed by atoms with E-state index in [1.165, 1.54) is 5.56 Å². The van der Waals surface area contributed by atoms with Crippen molar-refractivity contribution in [3.05, 3.63) is 28.8 Å². The highest BCUT2D eigenvalue weighted by molar-refractivity contribution is 8.14. The lowest BCUT2D eigenvalue weighted by atomic mass is 9.97. The molecule has 1 aromatic rings. The van der Waals surface area contributed by atoms with Gasteiger partial charge in [-0.1, -0.05) is 43.3 Å². The summed E-state index contributed by atoms with van der Waals surface area (Å²) in [4.78, 5) is 4.57. The number of hydrogen-bond donors (Lipinski definition) is 1. The second kappa shape index (κ2) is 4.91. The van der Waals surface area contributed by atoms with E-state index in [9.17, 15) is 0 Å². The van der Waals surface area contributed by atoms with Gasteiger partial charge in [0.25, 0.3) is 0 Å². The number of nitrogens with zero attached hydrogens (tertiary/aromatic N) is 1. The van der Waals surface area contributed by atoms with E-state index < -0.39 is 0 Å². The Bertz CT molecular complexity index is 455. The predicted octanol–water partition coefficient (Wildman–Crippen LogP) is 4.19. The number of thioether (sulfide) groups is 1. The Balaban J connectivity index is 2.12. The standard InChI is InChI=1S/C13H17ClN2S/c1-9-4-5-10(14)6-11(9)16-12-15-7-13(2,3)8-17-12/h4-6H,7-8H2,1-3H3,(H,15,16). The smallest absolute Gasteiger partial charge is 0.161 e. The highest BCUT2D eigenvalue weighted by Crippen LogP contribution is 2.29. The minimum Gasteiger partial charge on any atom is -0.335 e. The van der Waals surface area contributed by atoms with Crippen LogP contribution in [0.25, 0.3) is 0 Å². The quantitative estimate of drug-likeness (QED) is 0.826.